The minimum Gasteiger partial charge on any atom is -0.275 e. The number of hydrogen-bond donors (Lipinski definition) is 0. The van der Waals surface area contributed by atoms with Gasteiger partial charge in [0, 0.05) is 36.4 Å². The van der Waals surface area contributed by atoms with Gasteiger partial charge in [0.1, 0.15) is 0 Å². The molecule has 0 N–H and O–H groups in total. The quantitative estimate of drug-likeness (QED) is 0.618. The van der Waals surface area contributed by atoms with E-state index in [0.717, 1.165) is 48.3 Å². The molecule has 0 aliphatic heterocycles. The molecule has 0 radical (unpaired) electrons. The highest BCUT2D eigenvalue weighted by Crippen LogP contribution is 2.41. The molecular weight excluding hydrogens is 344 g/mol. The molecule has 3 aromatic rings. The van der Waals surface area contributed by atoms with E-state index in [0.29, 0.717) is 0 Å². The lowest BCUT2D eigenvalue weighted by molar-refractivity contribution is 0.103. The van der Waals surface area contributed by atoms with E-state index in [2.05, 4.69) is 55.1 Å². The number of aryl methyl sites for hydroxylation is 2. The van der Waals surface area contributed by atoms with Crippen LogP contribution in [0.25, 0.3) is 11.3 Å². The van der Waals surface area contributed by atoms with Crippen LogP contribution >= 0.6 is 0 Å². The van der Waals surface area contributed by atoms with Gasteiger partial charge in [0.15, 0.2) is 0 Å². The molecule has 0 amide bonds. The molecule has 1 fully saturated rings. The summed E-state index contributed by atoms with van der Waals surface area (Å²) in [5, 5.41) is 4.26. The second-order valence-corrected chi connectivity index (χ2v) is 8.43. The van der Waals surface area contributed by atoms with Gasteiger partial charge in [-0.15, -0.1) is 0 Å². The first-order valence-electron chi connectivity index (χ1n) is 10.4. The highest BCUT2D eigenvalue weighted by Gasteiger charge is 2.34. The summed E-state index contributed by atoms with van der Waals surface area (Å²) in [6.07, 6.45) is 10.1. The molecule has 3 atom stereocenters. The Balaban J connectivity index is 1.51. The molecular formula is C24H30N4. The summed E-state index contributed by atoms with van der Waals surface area (Å²) in [5.74, 6) is 2.50. The van der Waals surface area contributed by atoms with Crippen LogP contribution in [0.1, 0.15) is 49.7 Å². The first-order valence-corrected chi connectivity index (χ1v) is 10.4. The Morgan fingerprint density at radius 3 is 2.71 bits per heavy atom. The van der Waals surface area contributed by atoms with Gasteiger partial charge in [-0.2, -0.15) is 5.10 Å². The van der Waals surface area contributed by atoms with Crippen molar-refractivity contribution in [3.05, 3.63) is 65.4 Å². The largest absolute Gasteiger partial charge is 0.275 e. The molecule has 1 aliphatic rings. The Bertz CT molecular complexity index is 959. The summed E-state index contributed by atoms with van der Waals surface area (Å²) in [7, 11) is 1.93. The molecule has 3 aromatic heterocycles. The lowest BCUT2D eigenvalue weighted by Crippen LogP contribution is -2.34. The van der Waals surface area contributed by atoms with E-state index in [1.807, 2.05) is 30.3 Å². The summed E-state index contributed by atoms with van der Waals surface area (Å²) in [6.45, 7) is 6.96. The lowest BCUT2D eigenvalue weighted by Gasteiger charge is -2.40. The summed E-state index contributed by atoms with van der Waals surface area (Å²) in [6, 6.07) is 8.80. The van der Waals surface area contributed by atoms with Gasteiger partial charge in [-0.3, -0.25) is 14.6 Å². The first-order chi connectivity index (χ1) is 13.5. The highest BCUT2D eigenvalue weighted by atomic mass is 15.2. The normalized spacial score (nSPS) is 21.5. The Morgan fingerprint density at radius 2 is 2.04 bits per heavy atom. The first kappa shape index (κ1) is 18.9. The maximum absolute atomic E-state index is 5.02. The predicted octanol–water partition coefficient (Wildman–Crippen LogP) is 4.86. The van der Waals surface area contributed by atoms with Crippen LogP contribution in [0.2, 0.25) is 0 Å². The fourth-order valence-corrected chi connectivity index (χ4v) is 4.39. The number of nitrogens with zero attached hydrogens (tertiary/aromatic N) is 4. The van der Waals surface area contributed by atoms with Gasteiger partial charge in [0.25, 0.3) is 0 Å². The van der Waals surface area contributed by atoms with E-state index in [-0.39, 0.29) is 0 Å². The standard InChI is InChI=1S/C24H30N4/c1-5-23-19(6-7-22(27-23)13-20-10-16(2)17(20)3)11-18-8-9-25-24(12-18)21-14-26-28(4)15-21/h6-9,12,14-17,20H,5,10-11,13H2,1-4H3. The fourth-order valence-electron chi connectivity index (χ4n) is 4.39. The van der Waals surface area contributed by atoms with E-state index in [1.54, 1.807) is 0 Å². The Morgan fingerprint density at radius 1 is 1.18 bits per heavy atom. The van der Waals surface area contributed by atoms with E-state index < -0.39 is 0 Å². The number of pyridine rings is 2. The SMILES string of the molecule is CCc1nc(CC2CC(C)C2C)ccc1Cc1ccnc(-c2cnn(C)c2)c1. The zero-order valence-electron chi connectivity index (χ0n) is 17.4. The summed E-state index contributed by atoms with van der Waals surface area (Å²) < 4.78 is 1.81. The average Bonchev–Trinajstić information content (AvgIpc) is 3.15. The second-order valence-electron chi connectivity index (χ2n) is 8.43. The molecule has 3 heterocycles. The van der Waals surface area contributed by atoms with Crippen LogP contribution in [0.4, 0.5) is 0 Å². The van der Waals surface area contributed by atoms with Crippen molar-refractivity contribution in [1.82, 2.24) is 19.7 Å². The lowest BCUT2D eigenvalue weighted by atomic mass is 9.65. The molecule has 0 spiro atoms. The minimum absolute atomic E-state index is 0.806. The van der Waals surface area contributed by atoms with Gasteiger partial charge < -0.3 is 0 Å². The smallest absolute Gasteiger partial charge is 0.0736 e. The van der Waals surface area contributed by atoms with Crippen LogP contribution in [-0.2, 0) is 26.3 Å². The zero-order valence-corrected chi connectivity index (χ0v) is 17.4. The molecule has 3 unspecified atom stereocenters. The predicted molar refractivity (Wildman–Crippen MR) is 113 cm³/mol. The maximum atomic E-state index is 5.02. The van der Waals surface area contributed by atoms with Gasteiger partial charge in [-0.05, 0) is 72.8 Å². The van der Waals surface area contributed by atoms with Crippen molar-refractivity contribution in [2.24, 2.45) is 24.8 Å². The molecule has 1 saturated carbocycles. The third kappa shape index (κ3) is 3.87. The average molecular weight is 375 g/mol. The Hall–Kier alpha value is -2.49. The van der Waals surface area contributed by atoms with Crippen molar-refractivity contribution in [2.75, 3.05) is 0 Å². The van der Waals surface area contributed by atoms with Crippen LogP contribution < -0.4 is 0 Å². The summed E-state index contributed by atoms with van der Waals surface area (Å²) in [5.41, 5.74) is 7.11. The number of aromatic nitrogens is 4. The fraction of sp³-hybridized carbons (Fsp3) is 0.458. The van der Waals surface area contributed by atoms with Crippen molar-refractivity contribution in [2.45, 2.75) is 46.5 Å². The molecule has 146 valence electrons. The third-order valence-electron chi connectivity index (χ3n) is 6.47. The summed E-state index contributed by atoms with van der Waals surface area (Å²) in [4.78, 5) is 9.54. The topological polar surface area (TPSA) is 43.6 Å². The molecule has 1 aliphatic carbocycles. The van der Waals surface area contributed by atoms with Crippen LogP contribution in [0.15, 0.2) is 42.9 Å². The third-order valence-corrected chi connectivity index (χ3v) is 6.47. The van der Waals surface area contributed by atoms with E-state index in [1.165, 1.54) is 28.9 Å². The van der Waals surface area contributed by atoms with Crippen LogP contribution in [-0.4, -0.2) is 19.7 Å². The number of rotatable bonds is 6. The molecule has 4 heteroatoms. The molecule has 0 bridgehead atoms. The van der Waals surface area contributed by atoms with Crippen molar-refractivity contribution < 1.29 is 0 Å². The summed E-state index contributed by atoms with van der Waals surface area (Å²) >= 11 is 0. The Labute approximate surface area is 168 Å². The molecule has 0 saturated heterocycles. The van der Waals surface area contributed by atoms with Crippen LogP contribution in [0.3, 0.4) is 0 Å². The van der Waals surface area contributed by atoms with Gasteiger partial charge in [-0.25, -0.2) is 0 Å². The molecule has 4 nitrogen and oxygen atoms in total. The van der Waals surface area contributed by atoms with E-state index in [4.69, 9.17) is 4.98 Å². The van der Waals surface area contributed by atoms with Crippen molar-refractivity contribution in [1.29, 1.82) is 0 Å². The maximum Gasteiger partial charge on any atom is 0.0736 e. The molecule has 0 aromatic carbocycles. The van der Waals surface area contributed by atoms with Gasteiger partial charge >= 0.3 is 0 Å². The van der Waals surface area contributed by atoms with E-state index in [9.17, 15) is 0 Å². The van der Waals surface area contributed by atoms with Crippen LogP contribution in [0, 0.1) is 17.8 Å². The van der Waals surface area contributed by atoms with Gasteiger partial charge in [0.2, 0.25) is 0 Å². The van der Waals surface area contributed by atoms with Gasteiger partial charge in [-0.1, -0.05) is 26.8 Å². The van der Waals surface area contributed by atoms with Crippen molar-refractivity contribution in [3.8, 4) is 11.3 Å². The monoisotopic (exact) mass is 374 g/mol. The minimum atomic E-state index is 0.806. The highest BCUT2D eigenvalue weighted by molar-refractivity contribution is 5.57. The molecule has 4 rings (SSSR count). The molecule has 28 heavy (non-hydrogen) atoms. The van der Waals surface area contributed by atoms with Crippen molar-refractivity contribution >= 4 is 0 Å². The second kappa shape index (κ2) is 7.86. The Kier molecular flexibility index (Phi) is 5.29. The number of hydrogen-bond acceptors (Lipinski definition) is 3. The zero-order chi connectivity index (χ0) is 19.7. The van der Waals surface area contributed by atoms with E-state index >= 15 is 0 Å². The van der Waals surface area contributed by atoms with Crippen LogP contribution in [0.5, 0.6) is 0 Å². The van der Waals surface area contributed by atoms with Gasteiger partial charge in [0.05, 0.1) is 11.9 Å². The van der Waals surface area contributed by atoms with Crippen molar-refractivity contribution in [3.63, 3.8) is 0 Å².